The normalized spacial score (nSPS) is 12.6. The van der Waals surface area contributed by atoms with E-state index >= 15 is 0 Å². The van der Waals surface area contributed by atoms with Crippen molar-refractivity contribution >= 4 is 16.9 Å². The molecule has 152 valence electrons. The minimum atomic E-state index is -4.85. The topological polar surface area (TPSA) is 86.0 Å². The molecule has 9 heteroatoms. The van der Waals surface area contributed by atoms with E-state index in [0.29, 0.717) is 5.56 Å². The molecule has 1 N–H and O–H groups in total. The van der Waals surface area contributed by atoms with E-state index in [4.69, 9.17) is 4.42 Å². The van der Waals surface area contributed by atoms with E-state index in [1.807, 2.05) is 0 Å². The fraction of sp³-hybridized carbons (Fsp3) is 0.200. The number of rotatable bonds is 5. The van der Waals surface area contributed by atoms with Gasteiger partial charge in [-0.2, -0.15) is 0 Å². The standard InChI is InChI=1S/C20H15F3O6/c1-27-16(24)10-14(11-6-8-12(9-7-11)29-20(21,22)23)19-18(26)17(25)13-4-2-3-5-15(13)28-19/h2-9,14,26H,10H2,1H3. The Hall–Kier alpha value is -3.49. The van der Waals surface area contributed by atoms with Gasteiger partial charge in [-0.3, -0.25) is 9.59 Å². The van der Waals surface area contributed by atoms with Gasteiger partial charge >= 0.3 is 12.3 Å². The molecule has 0 saturated heterocycles. The molecule has 0 aliphatic rings. The summed E-state index contributed by atoms with van der Waals surface area (Å²) in [6.07, 6.45) is -5.17. The summed E-state index contributed by atoms with van der Waals surface area (Å²) in [5.41, 5.74) is -0.176. The molecule has 1 atom stereocenters. The van der Waals surface area contributed by atoms with Crippen molar-refractivity contribution in [3.8, 4) is 11.5 Å². The van der Waals surface area contributed by atoms with Crippen molar-refractivity contribution in [3.63, 3.8) is 0 Å². The summed E-state index contributed by atoms with van der Waals surface area (Å²) in [7, 11) is 1.16. The molecule has 1 unspecified atom stereocenters. The molecule has 3 aromatic rings. The van der Waals surface area contributed by atoms with Crippen LogP contribution in [0.5, 0.6) is 11.5 Å². The number of carbonyl (C=O) groups excluding carboxylic acids is 1. The van der Waals surface area contributed by atoms with Crippen molar-refractivity contribution < 1.29 is 37.0 Å². The third-order valence-electron chi connectivity index (χ3n) is 4.23. The highest BCUT2D eigenvalue weighted by molar-refractivity contribution is 5.78. The lowest BCUT2D eigenvalue weighted by atomic mass is 9.92. The molecular formula is C20H15F3O6. The Bertz CT molecular complexity index is 1090. The maximum absolute atomic E-state index is 12.5. The molecule has 6 nitrogen and oxygen atoms in total. The minimum Gasteiger partial charge on any atom is -0.502 e. The summed E-state index contributed by atoms with van der Waals surface area (Å²) >= 11 is 0. The van der Waals surface area contributed by atoms with Crippen molar-refractivity contribution in [1.29, 1.82) is 0 Å². The van der Waals surface area contributed by atoms with Gasteiger partial charge in [0.2, 0.25) is 11.2 Å². The summed E-state index contributed by atoms with van der Waals surface area (Å²) < 4.78 is 51.3. The maximum atomic E-state index is 12.5. The van der Waals surface area contributed by atoms with Gasteiger partial charge in [0.15, 0.2) is 5.76 Å². The monoisotopic (exact) mass is 408 g/mol. The number of methoxy groups -OCH3 is 1. The lowest BCUT2D eigenvalue weighted by molar-refractivity contribution is -0.274. The van der Waals surface area contributed by atoms with Crippen LogP contribution in [0.4, 0.5) is 13.2 Å². The third kappa shape index (κ3) is 4.50. The second-order valence-electron chi connectivity index (χ2n) is 6.09. The number of halogens is 3. The van der Waals surface area contributed by atoms with E-state index in [9.17, 15) is 27.9 Å². The van der Waals surface area contributed by atoms with E-state index < -0.39 is 35.2 Å². The summed E-state index contributed by atoms with van der Waals surface area (Å²) in [4.78, 5) is 24.4. The molecule has 0 saturated carbocycles. The molecule has 0 amide bonds. The van der Waals surface area contributed by atoms with Crippen LogP contribution in [0.3, 0.4) is 0 Å². The quantitative estimate of drug-likeness (QED) is 0.640. The summed E-state index contributed by atoms with van der Waals surface area (Å²) in [5.74, 6) is -2.97. The molecule has 0 aliphatic heterocycles. The van der Waals surface area contributed by atoms with Crippen LogP contribution in [-0.4, -0.2) is 24.5 Å². The van der Waals surface area contributed by atoms with Crippen molar-refractivity contribution in [2.24, 2.45) is 0 Å². The van der Waals surface area contributed by atoms with E-state index in [-0.39, 0.29) is 23.2 Å². The van der Waals surface area contributed by atoms with Crippen LogP contribution in [0.2, 0.25) is 0 Å². The fourth-order valence-electron chi connectivity index (χ4n) is 2.90. The van der Waals surface area contributed by atoms with Crippen molar-refractivity contribution in [2.75, 3.05) is 7.11 Å². The molecular weight excluding hydrogens is 393 g/mol. The van der Waals surface area contributed by atoms with Gasteiger partial charge in [-0.1, -0.05) is 24.3 Å². The molecule has 29 heavy (non-hydrogen) atoms. The highest BCUT2D eigenvalue weighted by Gasteiger charge is 2.31. The fourth-order valence-corrected chi connectivity index (χ4v) is 2.90. The smallest absolute Gasteiger partial charge is 0.502 e. The lowest BCUT2D eigenvalue weighted by Gasteiger charge is -2.18. The molecule has 1 heterocycles. The van der Waals surface area contributed by atoms with Crippen molar-refractivity contribution in [2.45, 2.75) is 18.7 Å². The Morgan fingerprint density at radius 3 is 2.41 bits per heavy atom. The van der Waals surface area contributed by atoms with Crippen LogP contribution in [0.25, 0.3) is 11.0 Å². The Kier molecular flexibility index (Phi) is 5.49. The average molecular weight is 408 g/mol. The first-order valence-electron chi connectivity index (χ1n) is 8.37. The van der Waals surface area contributed by atoms with E-state index in [0.717, 1.165) is 19.2 Å². The van der Waals surface area contributed by atoms with Crippen LogP contribution in [0.1, 0.15) is 23.7 Å². The molecule has 1 aromatic heterocycles. The van der Waals surface area contributed by atoms with Gasteiger partial charge in [-0.05, 0) is 29.8 Å². The second-order valence-corrected chi connectivity index (χ2v) is 6.09. The van der Waals surface area contributed by atoms with Gasteiger partial charge in [0, 0.05) is 0 Å². The number of carbonyl (C=O) groups is 1. The van der Waals surface area contributed by atoms with E-state index in [2.05, 4.69) is 9.47 Å². The second kappa shape index (κ2) is 7.86. The van der Waals surface area contributed by atoms with E-state index in [1.165, 1.54) is 24.3 Å². The molecule has 0 spiro atoms. The lowest BCUT2D eigenvalue weighted by Crippen LogP contribution is -2.17. The Balaban J connectivity index is 2.09. The zero-order chi connectivity index (χ0) is 21.2. The first-order chi connectivity index (χ1) is 13.7. The van der Waals surface area contributed by atoms with Crippen LogP contribution in [-0.2, 0) is 9.53 Å². The number of aromatic hydroxyl groups is 1. The highest BCUT2D eigenvalue weighted by Crippen LogP contribution is 2.35. The van der Waals surface area contributed by atoms with Gasteiger partial charge < -0.3 is 19.0 Å². The van der Waals surface area contributed by atoms with Gasteiger partial charge in [-0.25, -0.2) is 0 Å². The molecule has 0 aliphatic carbocycles. The molecule has 2 aromatic carbocycles. The van der Waals surface area contributed by atoms with Gasteiger partial charge in [-0.15, -0.1) is 13.2 Å². The Morgan fingerprint density at radius 2 is 1.79 bits per heavy atom. The zero-order valence-electron chi connectivity index (χ0n) is 15.0. The number of alkyl halides is 3. The van der Waals surface area contributed by atoms with Gasteiger partial charge in [0.05, 0.1) is 24.8 Å². The summed E-state index contributed by atoms with van der Waals surface area (Å²) in [6, 6.07) is 10.9. The number of hydrogen-bond acceptors (Lipinski definition) is 6. The van der Waals surface area contributed by atoms with Gasteiger partial charge in [0.1, 0.15) is 11.3 Å². The molecule has 0 radical (unpaired) electrons. The largest absolute Gasteiger partial charge is 0.573 e. The SMILES string of the molecule is COC(=O)CC(c1ccc(OC(F)(F)F)cc1)c1oc2ccccc2c(=O)c1O. The van der Waals surface area contributed by atoms with Crippen LogP contribution in [0, 0.1) is 0 Å². The number of benzene rings is 2. The first kappa shape index (κ1) is 20.2. The van der Waals surface area contributed by atoms with Crippen molar-refractivity contribution in [1.82, 2.24) is 0 Å². The van der Waals surface area contributed by atoms with Crippen LogP contribution >= 0.6 is 0 Å². The predicted octanol–water partition coefficient (Wildman–Crippen LogP) is 4.09. The average Bonchev–Trinajstić information content (AvgIpc) is 2.68. The number of esters is 1. The molecule has 3 rings (SSSR count). The summed E-state index contributed by atoms with van der Waals surface area (Å²) in [5, 5.41) is 10.5. The van der Waals surface area contributed by atoms with Crippen LogP contribution < -0.4 is 10.2 Å². The number of para-hydroxylation sites is 1. The number of ether oxygens (including phenoxy) is 2. The van der Waals surface area contributed by atoms with E-state index in [1.54, 1.807) is 12.1 Å². The molecule has 0 fully saturated rings. The third-order valence-corrected chi connectivity index (χ3v) is 4.23. The van der Waals surface area contributed by atoms with Crippen LogP contribution in [0.15, 0.2) is 57.7 Å². The predicted molar refractivity (Wildman–Crippen MR) is 95.7 cm³/mol. The van der Waals surface area contributed by atoms with Crippen molar-refractivity contribution in [3.05, 3.63) is 70.1 Å². The molecule has 0 bridgehead atoms. The van der Waals surface area contributed by atoms with Gasteiger partial charge in [0.25, 0.3) is 0 Å². The maximum Gasteiger partial charge on any atom is 0.573 e. The summed E-state index contributed by atoms with van der Waals surface area (Å²) in [6.45, 7) is 0. The first-order valence-corrected chi connectivity index (χ1v) is 8.37. The highest BCUT2D eigenvalue weighted by atomic mass is 19.4. The Morgan fingerprint density at radius 1 is 1.14 bits per heavy atom. The zero-order valence-corrected chi connectivity index (χ0v) is 15.0. The number of fused-ring (bicyclic) bond motifs is 1. The Labute approximate surface area is 162 Å². The number of hydrogen-bond donors (Lipinski definition) is 1. The minimum absolute atomic E-state index is 0.152.